The number of rotatable bonds is 8. The van der Waals surface area contributed by atoms with Gasteiger partial charge in [-0.25, -0.2) is 9.59 Å². The maximum Gasteiger partial charge on any atom is 0.341 e. The van der Waals surface area contributed by atoms with Crippen LogP contribution in [-0.4, -0.2) is 50.3 Å². The first-order valence-electron chi connectivity index (χ1n) is 14.4. The third kappa shape index (κ3) is 5.76. The number of aromatic amines is 3. The Morgan fingerprint density at radius 2 is 1.00 bits per heavy atom. The van der Waals surface area contributed by atoms with Crippen LogP contribution in [0.4, 0.5) is 0 Å². The van der Waals surface area contributed by atoms with Gasteiger partial charge in [0.25, 0.3) is 0 Å². The second-order valence-electron chi connectivity index (χ2n) is 10.6. The van der Waals surface area contributed by atoms with E-state index in [-0.39, 0.29) is 11.5 Å². The lowest BCUT2D eigenvalue weighted by Crippen LogP contribution is -2.17. The van der Waals surface area contributed by atoms with Gasteiger partial charge in [-0.05, 0) is 59.7 Å². The van der Waals surface area contributed by atoms with Crippen LogP contribution in [0.5, 0.6) is 11.5 Å². The summed E-state index contributed by atoms with van der Waals surface area (Å²) in [6.45, 7) is -1.25. The molecule has 5 N–H and O–H groups in total. The van der Waals surface area contributed by atoms with Crippen molar-refractivity contribution in [1.82, 2.24) is 15.0 Å². The molecule has 0 unspecified atom stereocenters. The van der Waals surface area contributed by atoms with Crippen molar-refractivity contribution >= 4 is 46.6 Å². The van der Waals surface area contributed by atoms with E-state index in [0.717, 1.165) is 55.7 Å². The van der Waals surface area contributed by atoms with Crippen molar-refractivity contribution in [3.05, 3.63) is 151 Å². The van der Waals surface area contributed by atoms with Crippen LogP contribution >= 0.6 is 11.3 Å². The average molecular weight is 630 g/mol. The molecular formula is C36H27N3O6S. The molecule has 228 valence electrons. The average Bonchev–Trinajstić information content (AvgIpc) is 3.86. The normalized spacial score (nSPS) is 12.3. The summed E-state index contributed by atoms with van der Waals surface area (Å²) in [5.41, 5.74) is 7.14. The molecule has 10 heteroatoms. The molecule has 1 aliphatic heterocycles. The van der Waals surface area contributed by atoms with Gasteiger partial charge in [-0.2, -0.15) is 0 Å². The first-order chi connectivity index (χ1) is 22.4. The molecule has 8 bridgehead atoms. The van der Waals surface area contributed by atoms with Gasteiger partial charge in [-0.15, -0.1) is 11.3 Å². The van der Waals surface area contributed by atoms with Crippen molar-refractivity contribution in [2.45, 2.75) is 0 Å². The number of carbonyl (C=O) groups is 2. The third-order valence-corrected chi connectivity index (χ3v) is 8.48. The van der Waals surface area contributed by atoms with Crippen molar-refractivity contribution < 1.29 is 29.3 Å². The molecule has 0 amide bonds. The van der Waals surface area contributed by atoms with Gasteiger partial charge in [-0.1, -0.05) is 60.7 Å². The molecule has 1 aliphatic rings. The molecule has 2 aromatic carbocycles. The molecule has 46 heavy (non-hydrogen) atoms. The lowest BCUT2D eigenvalue weighted by molar-refractivity contribution is -0.140. The zero-order valence-electron chi connectivity index (χ0n) is 24.2. The van der Waals surface area contributed by atoms with Crippen molar-refractivity contribution in [2.24, 2.45) is 0 Å². The van der Waals surface area contributed by atoms with Gasteiger partial charge < -0.3 is 34.6 Å². The van der Waals surface area contributed by atoms with E-state index in [0.29, 0.717) is 9.06 Å². The van der Waals surface area contributed by atoms with Gasteiger partial charge in [0.2, 0.25) is 0 Å². The lowest BCUT2D eigenvalue weighted by atomic mass is 10.0. The molecule has 0 spiro atoms. The van der Waals surface area contributed by atoms with Crippen LogP contribution in [0.3, 0.4) is 0 Å². The Morgan fingerprint density at radius 1 is 0.565 bits per heavy atom. The molecule has 0 aliphatic carbocycles. The van der Waals surface area contributed by atoms with Gasteiger partial charge in [0, 0.05) is 44.6 Å². The van der Waals surface area contributed by atoms with Gasteiger partial charge in [0.1, 0.15) is 0 Å². The number of H-pyrrole nitrogens is 3. The summed E-state index contributed by atoms with van der Waals surface area (Å²) in [4.78, 5) is 33.7. The first-order valence-corrected chi connectivity index (χ1v) is 15.2. The van der Waals surface area contributed by atoms with E-state index in [1.807, 2.05) is 72.8 Å². The number of carboxylic acids is 2. The molecular weight excluding hydrogens is 602 g/mol. The number of aliphatic carboxylic acids is 2. The van der Waals surface area contributed by atoms with Crippen LogP contribution in [0.2, 0.25) is 0 Å². The number of ether oxygens (including phenoxy) is 2. The van der Waals surface area contributed by atoms with Crippen molar-refractivity contribution in [2.75, 3.05) is 13.2 Å². The number of nitrogens with one attached hydrogen (secondary N) is 3. The molecule has 0 saturated carbocycles. The minimum absolute atomic E-state index is 0.157. The zero-order valence-corrected chi connectivity index (χ0v) is 25.1. The number of hydrogen-bond acceptors (Lipinski definition) is 5. The van der Waals surface area contributed by atoms with Crippen LogP contribution < -0.4 is 29.2 Å². The molecule has 0 fully saturated rings. The monoisotopic (exact) mass is 629 g/mol. The van der Waals surface area contributed by atoms with E-state index >= 15 is 0 Å². The van der Waals surface area contributed by atoms with Crippen LogP contribution in [0.15, 0.2) is 97.1 Å². The van der Waals surface area contributed by atoms with Crippen LogP contribution in [0.25, 0.3) is 23.3 Å². The largest absolute Gasteiger partial charge is 0.479 e. The quantitative estimate of drug-likeness (QED) is 0.175. The molecule has 4 aromatic heterocycles. The van der Waals surface area contributed by atoms with E-state index in [1.54, 1.807) is 0 Å². The predicted octanol–water partition coefficient (Wildman–Crippen LogP) is 3.12. The van der Waals surface area contributed by atoms with Crippen molar-refractivity contribution in [3.8, 4) is 11.5 Å². The minimum atomic E-state index is -1.17. The standard InChI is InChI=1S/C36H27N3O6S/c40-31(41)19-44-35-29-17-23-11-13-25(37-23)33(21-7-3-1-4-8-21)27-15-16-28(39-27)34(22-9-5-2-6-10-22)26-14-12-24(38-26)18-30(46-29)36(35)45-20-32(42)43/h1-18,37-39H,19-20H2,(H,40,41)(H,42,43). The highest BCUT2D eigenvalue weighted by Gasteiger charge is 2.18. The fourth-order valence-electron chi connectivity index (χ4n) is 5.54. The summed E-state index contributed by atoms with van der Waals surface area (Å²) in [6.07, 6.45) is 3.68. The van der Waals surface area contributed by atoms with Gasteiger partial charge >= 0.3 is 11.9 Å². The molecule has 0 saturated heterocycles. The summed E-state index contributed by atoms with van der Waals surface area (Å²) in [5, 5.41) is 20.6. The fraction of sp³-hybridized carbons (Fsp3) is 0.0556. The van der Waals surface area contributed by atoms with Gasteiger partial charge in [-0.3, -0.25) is 0 Å². The second kappa shape index (κ2) is 12.2. The number of benzene rings is 2. The molecule has 7 rings (SSSR count). The lowest BCUT2D eigenvalue weighted by Gasteiger charge is -2.07. The Balaban J connectivity index is 1.56. The van der Waals surface area contributed by atoms with Crippen LogP contribution in [-0.2, 0) is 9.59 Å². The molecule has 0 radical (unpaired) electrons. The second-order valence-corrected chi connectivity index (χ2v) is 11.6. The smallest absolute Gasteiger partial charge is 0.341 e. The molecule has 0 atom stereocenters. The highest BCUT2D eigenvalue weighted by atomic mass is 32.1. The highest BCUT2D eigenvalue weighted by Crippen LogP contribution is 2.26. The number of carboxylic acid groups (broad SMARTS) is 2. The van der Waals surface area contributed by atoms with Crippen molar-refractivity contribution in [3.63, 3.8) is 0 Å². The maximum absolute atomic E-state index is 11.5. The van der Waals surface area contributed by atoms with E-state index in [1.165, 1.54) is 11.3 Å². The van der Waals surface area contributed by atoms with Crippen LogP contribution in [0.1, 0.15) is 33.9 Å². The maximum atomic E-state index is 11.5. The Kier molecular flexibility index (Phi) is 7.61. The fourth-order valence-corrected chi connectivity index (χ4v) is 6.64. The molecule has 9 nitrogen and oxygen atoms in total. The Hall–Kier alpha value is -6.00. The SMILES string of the molecule is O=C(O)COc1c(OCC(=O)O)c2sc1=Cc1ccc([nH]1)C(c1ccccc1)=c1ccc([nH]1)=C(c1ccccc1)c1ccc([nH]1)C=2. The topological polar surface area (TPSA) is 140 Å². The molecule has 5 heterocycles. The zero-order chi connectivity index (χ0) is 31.6. The van der Waals surface area contributed by atoms with Crippen LogP contribution in [0, 0.1) is 0 Å². The minimum Gasteiger partial charge on any atom is -0.479 e. The Morgan fingerprint density at radius 3 is 1.41 bits per heavy atom. The first kappa shape index (κ1) is 28.8. The van der Waals surface area contributed by atoms with Gasteiger partial charge in [0.15, 0.2) is 24.7 Å². The summed E-state index contributed by atoms with van der Waals surface area (Å²) < 4.78 is 12.6. The summed E-state index contributed by atoms with van der Waals surface area (Å²) in [6, 6.07) is 32.2. The number of aromatic nitrogens is 3. The Bertz CT molecular complexity index is 2170. The third-order valence-electron chi connectivity index (χ3n) is 7.43. The van der Waals surface area contributed by atoms with E-state index in [9.17, 15) is 19.8 Å². The highest BCUT2D eigenvalue weighted by molar-refractivity contribution is 7.08. The van der Waals surface area contributed by atoms with Gasteiger partial charge in [0.05, 0.1) is 9.06 Å². The molecule has 6 aromatic rings. The predicted molar refractivity (Wildman–Crippen MR) is 175 cm³/mol. The number of hydrogen-bond donors (Lipinski definition) is 5. The number of fused-ring (bicyclic) bond motifs is 8. The number of thiophene rings is 1. The summed E-state index contributed by atoms with van der Waals surface area (Å²) in [7, 11) is 0. The summed E-state index contributed by atoms with van der Waals surface area (Å²) in [5.74, 6) is -2.02. The summed E-state index contributed by atoms with van der Waals surface area (Å²) >= 11 is 1.30. The van der Waals surface area contributed by atoms with Crippen molar-refractivity contribution in [1.29, 1.82) is 0 Å². The Labute approximate surface area is 265 Å². The van der Waals surface area contributed by atoms with E-state index in [2.05, 4.69) is 51.4 Å². The van der Waals surface area contributed by atoms with E-state index in [4.69, 9.17) is 9.47 Å². The van der Waals surface area contributed by atoms with E-state index < -0.39 is 25.2 Å².